The van der Waals surface area contributed by atoms with Crippen LogP contribution in [-0.2, 0) is 25.5 Å². The number of rotatable bonds is 10. The molecule has 0 bridgehead atoms. The molecule has 1 unspecified atom stereocenters. The number of H-pyrrole nitrogens is 1. The lowest BCUT2D eigenvalue weighted by Crippen LogP contribution is -2.50. The molecule has 10 heteroatoms. The number of methoxy groups -OCH3 is 1. The molecule has 1 atom stereocenters. The van der Waals surface area contributed by atoms with Gasteiger partial charge in [-0.3, -0.25) is 14.5 Å². The van der Waals surface area contributed by atoms with Gasteiger partial charge in [-0.25, -0.2) is 4.79 Å². The number of aromatic amines is 1. The van der Waals surface area contributed by atoms with E-state index in [-0.39, 0.29) is 11.8 Å². The first-order valence-corrected chi connectivity index (χ1v) is 13.6. The van der Waals surface area contributed by atoms with Gasteiger partial charge in [-0.1, -0.05) is 18.2 Å². The van der Waals surface area contributed by atoms with Crippen LogP contribution in [0.2, 0.25) is 0 Å². The second-order valence-electron chi connectivity index (χ2n) is 11.1. The van der Waals surface area contributed by atoms with Crippen LogP contribution in [0, 0.1) is 0 Å². The molecule has 0 saturated carbocycles. The fraction of sp³-hybridized carbons (Fsp3) is 0.433. The Morgan fingerprint density at radius 1 is 1.12 bits per heavy atom. The van der Waals surface area contributed by atoms with E-state index in [0.717, 1.165) is 30.8 Å². The summed E-state index contributed by atoms with van der Waals surface area (Å²) >= 11 is 0. The minimum absolute atomic E-state index is 0.0706. The number of amides is 2. The molecule has 2 amide bonds. The number of nitrogens with zero attached hydrogens (tertiary/aromatic N) is 2. The Labute approximate surface area is 234 Å². The molecule has 4 rings (SSSR count). The lowest BCUT2D eigenvalue weighted by molar-refractivity contribution is -0.121. The molecule has 1 aliphatic rings. The van der Waals surface area contributed by atoms with Crippen LogP contribution in [0.25, 0.3) is 10.9 Å². The molecule has 1 fully saturated rings. The Hall–Kier alpha value is -3.73. The van der Waals surface area contributed by atoms with Crippen LogP contribution in [0.1, 0.15) is 43.2 Å². The topological polar surface area (TPSA) is 130 Å². The molecule has 1 aliphatic heterocycles. The lowest BCUT2D eigenvalue weighted by Gasteiger charge is -2.34. The van der Waals surface area contributed by atoms with E-state index in [4.69, 9.17) is 15.2 Å². The largest absolute Gasteiger partial charge is 0.455 e. The van der Waals surface area contributed by atoms with Gasteiger partial charge in [0.2, 0.25) is 11.8 Å². The van der Waals surface area contributed by atoms with Crippen LogP contribution in [0.15, 0.2) is 48.5 Å². The van der Waals surface area contributed by atoms with Gasteiger partial charge in [0.1, 0.15) is 11.3 Å². The van der Waals surface area contributed by atoms with Crippen molar-refractivity contribution in [1.82, 2.24) is 9.88 Å². The van der Waals surface area contributed by atoms with Crippen molar-refractivity contribution >= 4 is 40.1 Å². The third-order valence-electron chi connectivity index (χ3n) is 6.70. The van der Waals surface area contributed by atoms with Crippen LogP contribution < -0.4 is 16.0 Å². The molecule has 1 saturated heterocycles. The summed E-state index contributed by atoms with van der Waals surface area (Å²) in [7, 11) is 1.68. The number of nitrogens with two attached hydrogens (primary N) is 1. The Kier molecular flexibility index (Phi) is 9.24. The molecule has 40 heavy (non-hydrogen) atoms. The number of fused-ring (bicyclic) bond motifs is 1. The number of hydrogen-bond donors (Lipinski definition) is 3. The third-order valence-corrected chi connectivity index (χ3v) is 6.70. The molecular formula is C30H39N5O5. The van der Waals surface area contributed by atoms with Gasteiger partial charge in [-0.15, -0.1) is 0 Å². The van der Waals surface area contributed by atoms with E-state index in [2.05, 4.69) is 15.2 Å². The van der Waals surface area contributed by atoms with E-state index < -0.39 is 17.6 Å². The van der Waals surface area contributed by atoms with Gasteiger partial charge in [0.05, 0.1) is 18.3 Å². The molecule has 3 aromatic rings. The van der Waals surface area contributed by atoms with Gasteiger partial charge >= 0.3 is 5.97 Å². The molecule has 0 aliphatic carbocycles. The number of esters is 1. The van der Waals surface area contributed by atoms with Crippen LogP contribution in [0.4, 0.5) is 11.4 Å². The highest BCUT2D eigenvalue weighted by Crippen LogP contribution is 2.26. The summed E-state index contributed by atoms with van der Waals surface area (Å²) in [5.74, 6) is -0.732. The highest BCUT2D eigenvalue weighted by molar-refractivity contribution is 6.05. The van der Waals surface area contributed by atoms with Crippen LogP contribution >= 0.6 is 0 Å². The Balaban J connectivity index is 1.35. The van der Waals surface area contributed by atoms with Crippen LogP contribution in [-0.4, -0.2) is 79.2 Å². The van der Waals surface area contributed by atoms with Gasteiger partial charge in [-0.2, -0.15) is 0 Å². The number of aromatic nitrogens is 1. The van der Waals surface area contributed by atoms with E-state index in [1.54, 1.807) is 51.0 Å². The summed E-state index contributed by atoms with van der Waals surface area (Å²) in [5, 5.41) is 3.59. The number of benzene rings is 2. The Morgan fingerprint density at radius 3 is 2.55 bits per heavy atom. The first-order chi connectivity index (χ1) is 19.0. The molecule has 0 radical (unpaired) electrons. The number of ether oxygens (including phenoxy) is 2. The highest BCUT2D eigenvalue weighted by atomic mass is 16.6. The summed E-state index contributed by atoms with van der Waals surface area (Å²) in [5.41, 5.74) is 8.93. The quantitative estimate of drug-likeness (QED) is 0.261. The molecule has 214 valence electrons. The summed E-state index contributed by atoms with van der Waals surface area (Å²) in [4.78, 5) is 45.2. The molecule has 2 aromatic carbocycles. The fourth-order valence-electron chi connectivity index (χ4n) is 4.71. The van der Waals surface area contributed by atoms with Crippen molar-refractivity contribution in [2.45, 2.75) is 45.3 Å². The van der Waals surface area contributed by atoms with Gasteiger partial charge in [0.25, 0.3) is 0 Å². The standard InChI is InChI=1S/C30H39N5O5/c1-30(2,3)40-29(38)26-18-22-24(32-26)7-5-8-25(22)33-28(37)23(31)17-20-9-11-21(12-10-20)35-15-14-34(19-27(35)36)13-6-16-39-4/h5,7-12,18,23,32H,6,13-17,19,31H2,1-4H3,(H,33,37). The minimum atomic E-state index is -0.789. The van der Waals surface area contributed by atoms with E-state index in [0.29, 0.717) is 48.4 Å². The highest BCUT2D eigenvalue weighted by Gasteiger charge is 2.25. The van der Waals surface area contributed by atoms with Crippen molar-refractivity contribution in [3.05, 3.63) is 59.8 Å². The number of hydrogen-bond acceptors (Lipinski definition) is 7. The van der Waals surface area contributed by atoms with E-state index in [9.17, 15) is 14.4 Å². The monoisotopic (exact) mass is 549 g/mol. The Morgan fingerprint density at radius 2 is 1.88 bits per heavy atom. The molecule has 10 nitrogen and oxygen atoms in total. The van der Waals surface area contributed by atoms with E-state index in [1.807, 2.05) is 30.3 Å². The van der Waals surface area contributed by atoms with Gasteiger partial charge in [0, 0.05) is 49.9 Å². The summed E-state index contributed by atoms with van der Waals surface area (Å²) in [6.45, 7) is 8.79. The maximum atomic E-state index is 13.0. The van der Waals surface area contributed by atoms with Crippen molar-refractivity contribution < 1.29 is 23.9 Å². The van der Waals surface area contributed by atoms with Crippen molar-refractivity contribution in [3.8, 4) is 0 Å². The zero-order valence-corrected chi connectivity index (χ0v) is 23.7. The minimum Gasteiger partial charge on any atom is -0.455 e. The SMILES string of the molecule is COCCCN1CCN(c2ccc(CC(N)C(=O)Nc3cccc4[nH]c(C(=O)OC(C)(C)C)cc34)cc2)C(=O)C1. The number of anilines is 2. The average Bonchev–Trinajstić information content (AvgIpc) is 3.34. The Bertz CT molecular complexity index is 1340. The number of nitrogens with one attached hydrogen (secondary N) is 2. The van der Waals surface area contributed by atoms with Crippen molar-refractivity contribution in [2.75, 3.05) is 50.1 Å². The summed E-state index contributed by atoms with van der Waals surface area (Å²) < 4.78 is 10.5. The molecule has 0 spiro atoms. The van der Waals surface area contributed by atoms with E-state index >= 15 is 0 Å². The maximum absolute atomic E-state index is 13.0. The second kappa shape index (κ2) is 12.6. The predicted octanol–water partition coefficient (Wildman–Crippen LogP) is 3.32. The van der Waals surface area contributed by atoms with Gasteiger partial charge < -0.3 is 30.4 Å². The lowest BCUT2D eigenvalue weighted by atomic mass is 10.0. The molecule has 2 heterocycles. The van der Waals surface area contributed by atoms with E-state index in [1.165, 1.54) is 0 Å². The average molecular weight is 550 g/mol. The maximum Gasteiger partial charge on any atom is 0.355 e. The van der Waals surface area contributed by atoms with Crippen LogP contribution in [0.5, 0.6) is 0 Å². The summed E-state index contributed by atoms with van der Waals surface area (Å²) in [6.07, 6.45) is 1.24. The molecule has 1 aromatic heterocycles. The number of piperazine rings is 1. The van der Waals surface area contributed by atoms with Crippen molar-refractivity contribution in [2.24, 2.45) is 5.73 Å². The molecule has 4 N–H and O–H groups in total. The predicted molar refractivity (Wildman–Crippen MR) is 156 cm³/mol. The second-order valence-corrected chi connectivity index (χ2v) is 11.1. The third kappa shape index (κ3) is 7.47. The number of carbonyl (C=O) groups excluding carboxylic acids is 3. The van der Waals surface area contributed by atoms with Gasteiger partial charge in [-0.05, 0) is 69.5 Å². The molecular weight excluding hydrogens is 510 g/mol. The zero-order chi connectivity index (χ0) is 28.9. The smallest absolute Gasteiger partial charge is 0.355 e. The first-order valence-electron chi connectivity index (χ1n) is 13.6. The summed E-state index contributed by atoms with van der Waals surface area (Å²) in [6, 6.07) is 13.9. The van der Waals surface area contributed by atoms with Crippen molar-refractivity contribution in [1.29, 1.82) is 0 Å². The van der Waals surface area contributed by atoms with Crippen molar-refractivity contribution in [3.63, 3.8) is 0 Å². The first kappa shape index (κ1) is 29.3. The fourth-order valence-corrected chi connectivity index (χ4v) is 4.71. The normalized spacial score (nSPS) is 15.3. The zero-order valence-electron chi connectivity index (χ0n) is 23.7. The number of carbonyl (C=O) groups is 3. The van der Waals surface area contributed by atoms with Gasteiger partial charge in [0.15, 0.2) is 0 Å². The van der Waals surface area contributed by atoms with Crippen LogP contribution in [0.3, 0.4) is 0 Å².